The van der Waals surface area contributed by atoms with Crippen LogP contribution in [0.25, 0.3) is 0 Å². The molecule has 0 aromatic heterocycles. The maximum Gasteiger partial charge on any atom is 0.330 e. The third-order valence-corrected chi connectivity index (χ3v) is 1.78. The van der Waals surface area contributed by atoms with Crippen LogP contribution in [-0.4, -0.2) is 17.1 Å². The van der Waals surface area contributed by atoms with Gasteiger partial charge in [-0.1, -0.05) is 27.4 Å². The molecule has 0 saturated heterocycles. The first-order valence-electron chi connectivity index (χ1n) is 4.66. The summed E-state index contributed by atoms with van der Waals surface area (Å²) in [6, 6.07) is 0.435. The number of nitrogens with two attached hydrogens (primary N) is 1. The molecule has 0 atom stereocenters. The third kappa shape index (κ3) is 11.2. The first-order valence-corrected chi connectivity index (χ1v) is 4.66. The van der Waals surface area contributed by atoms with Crippen molar-refractivity contribution in [1.82, 2.24) is 0 Å². The maximum atomic E-state index is 9.83. The largest absolute Gasteiger partial charge is 0.478 e. The molecule has 0 unspecified atom stereocenters. The topological polar surface area (TPSA) is 63.3 Å². The van der Waals surface area contributed by atoms with Crippen molar-refractivity contribution in [3.8, 4) is 0 Å². The van der Waals surface area contributed by atoms with E-state index in [1.54, 1.807) is 6.92 Å². The number of carboxylic acid groups (broad SMARTS) is 1. The molecule has 13 heavy (non-hydrogen) atoms. The lowest BCUT2D eigenvalue weighted by molar-refractivity contribution is -0.132. The zero-order valence-electron chi connectivity index (χ0n) is 8.84. The van der Waals surface area contributed by atoms with Crippen LogP contribution in [0.1, 0.15) is 40.0 Å². The van der Waals surface area contributed by atoms with Crippen LogP contribution in [0.3, 0.4) is 0 Å². The monoisotopic (exact) mass is 187 g/mol. The van der Waals surface area contributed by atoms with E-state index in [9.17, 15) is 4.79 Å². The van der Waals surface area contributed by atoms with E-state index in [0.29, 0.717) is 12.5 Å². The molecule has 0 fully saturated rings. The molecule has 0 radical (unpaired) electrons. The van der Waals surface area contributed by atoms with E-state index in [-0.39, 0.29) is 5.57 Å². The molecule has 3 heteroatoms. The fourth-order valence-corrected chi connectivity index (χ4v) is 0.440. The van der Waals surface area contributed by atoms with Gasteiger partial charge in [0.05, 0.1) is 0 Å². The van der Waals surface area contributed by atoms with Crippen molar-refractivity contribution >= 4 is 5.97 Å². The number of rotatable bonds is 4. The SMILES string of the molecule is C=C(CC)C(=O)O.CCC(N)CC. The molecular formula is C10H21NO2. The summed E-state index contributed by atoms with van der Waals surface area (Å²) in [6.07, 6.45) is 2.74. The Kier molecular flexibility index (Phi) is 10.5. The molecule has 3 N–H and O–H groups in total. The Labute approximate surface area is 80.6 Å². The number of carboxylic acids is 1. The summed E-state index contributed by atoms with van der Waals surface area (Å²) in [5, 5.41) is 8.08. The van der Waals surface area contributed by atoms with Crippen LogP contribution < -0.4 is 5.73 Å². The summed E-state index contributed by atoms with van der Waals surface area (Å²) in [7, 11) is 0. The van der Waals surface area contributed by atoms with Gasteiger partial charge in [-0.3, -0.25) is 0 Å². The molecule has 0 bridgehead atoms. The number of carbonyl (C=O) groups is 1. The number of aliphatic carboxylic acids is 1. The first kappa shape index (κ1) is 14.7. The van der Waals surface area contributed by atoms with Crippen molar-refractivity contribution in [1.29, 1.82) is 0 Å². The van der Waals surface area contributed by atoms with E-state index >= 15 is 0 Å². The van der Waals surface area contributed by atoms with Crippen LogP contribution >= 0.6 is 0 Å². The van der Waals surface area contributed by atoms with Gasteiger partial charge in [-0.2, -0.15) is 0 Å². The van der Waals surface area contributed by atoms with Crippen LogP contribution in [0, 0.1) is 0 Å². The lowest BCUT2D eigenvalue weighted by atomic mass is 10.2. The lowest BCUT2D eigenvalue weighted by Gasteiger charge is -1.99. The third-order valence-electron chi connectivity index (χ3n) is 1.78. The van der Waals surface area contributed by atoms with Gasteiger partial charge in [0.1, 0.15) is 0 Å². The van der Waals surface area contributed by atoms with Crippen molar-refractivity contribution in [2.75, 3.05) is 0 Å². The van der Waals surface area contributed by atoms with Gasteiger partial charge < -0.3 is 10.8 Å². The summed E-state index contributed by atoms with van der Waals surface area (Å²) in [6.45, 7) is 9.24. The average molecular weight is 187 g/mol. The van der Waals surface area contributed by atoms with Gasteiger partial charge >= 0.3 is 5.97 Å². The Bertz CT molecular complexity index is 151. The normalized spacial score (nSPS) is 9.00. The lowest BCUT2D eigenvalue weighted by Crippen LogP contribution is -2.16. The van der Waals surface area contributed by atoms with Crippen LogP contribution in [0.2, 0.25) is 0 Å². The fraction of sp³-hybridized carbons (Fsp3) is 0.700. The molecule has 78 valence electrons. The summed E-state index contributed by atoms with van der Waals surface area (Å²) >= 11 is 0. The van der Waals surface area contributed by atoms with E-state index < -0.39 is 5.97 Å². The highest BCUT2D eigenvalue weighted by molar-refractivity contribution is 5.85. The van der Waals surface area contributed by atoms with E-state index in [1.165, 1.54) is 0 Å². The second-order valence-electron chi connectivity index (χ2n) is 2.84. The van der Waals surface area contributed by atoms with Crippen LogP contribution in [0.15, 0.2) is 12.2 Å². The van der Waals surface area contributed by atoms with E-state index in [2.05, 4.69) is 20.4 Å². The zero-order valence-corrected chi connectivity index (χ0v) is 8.84. The minimum absolute atomic E-state index is 0.264. The standard InChI is InChI=1S/C5H13N.C5H8O2/c1-3-5(6)4-2;1-3-4(2)5(6)7/h5H,3-4,6H2,1-2H3;2-3H2,1H3,(H,6,7). The molecule has 0 rings (SSSR count). The molecule has 0 saturated carbocycles. The quantitative estimate of drug-likeness (QED) is 0.663. The van der Waals surface area contributed by atoms with Crippen molar-refractivity contribution in [3.05, 3.63) is 12.2 Å². The smallest absolute Gasteiger partial charge is 0.330 e. The molecule has 0 spiro atoms. The molecular weight excluding hydrogens is 166 g/mol. The van der Waals surface area contributed by atoms with Crippen molar-refractivity contribution in [3.63, 3.8) is 0 Å². The van der Waals surface area contributed by atoms with Gasteiger partial charge in [0, 0.05) is 11.6 Å². The van der Waals surface area contributed by atoms with Gasteiger partial charge in [-0.25, -0.2) is 4.79 Å². The highest BCUT2D eigenvalue weighted by Gasteiger charge is 1.96. The second-order valence-corrected chi connectivity index (χ2v) is 2.84. The molecule has 0 aromatic carbocycles. The molecule has 0 aliphatic heterocycles. The minimum atomic E-state index is -0.900. The Morgan fingerprint density at radius 3 is 1.77 bits per heavy atom. The van der Waals surface area contributed by atoms with Crippen molar-refractivity contribution in [2.45, 2.75) is 46.1 Å². The van der Waals surface area contributed by atoms with E-state index in [4.69, 9.17) is 10.8 Å². The Morgan fingerprint density at radius 2 is 1.77 bits per heavy atom. The molecule has 3 nitrogen and oxygen atoms in total. The highest BCUT2D eigenvalue weighted by atomic mass is 16.4. The second kappa shape index (κ2) is 9.26. The van der Waals surface area contributed by atoms with Crippen LogP contribution in [-0.2, 0) is 4.79 Å². The first-order chi connectivity index (χ1) is 5.99. The summed E-state index contributed by atoms with van der Waals surface area (Å²) in [5.41, 5.74) is 5.74. The Morgan fingerprint density at radius 1 is 1.38 bits per heavy atom. The van der Waals surface area contributed by atoms with E-state index in [1.807, 2.05) is 0 Å². The fourth-order valence-electron chi connectivity index (χ4n) is 0.440. The van der Waals surface area contributed by atoms with Gasteiger partial charge in [0.2, 0.25) is 0 Å². The Balaban J connectivity index is 0. The van der Waals surface area contributed by atoms with Crippen LogP contribution in [0.5, 0.6) is 0 Å². The number of hydrogen-bond donors (Lipinski definition) is 2. The van der Waals surface area contributed by atoms with Gasteiger partial charge in [-0.15, -0.1) is 0 Å². The maximum absolute atomic E-state index is 9.83. The predicted molar refractivity (Wildman–Crippen MR) is 55.6 cm³/mol. The highest BCUT2D eigenvalue weighted by Crippen LogP contribution is 1.93. The molecule has 0 amide bonds. The average Bonchev–Trinajstić information content (AvgIpc) is 2.16. The summed E-state index contributed by atoms with van der Waals surface area (Å²) in [4.78, 5) is 9.83. The van der Waals surface area contributed by atoms with Gasteiger partial charge in [-0.05, 0) is 19.3 Å². The molecule has 0 aliphatic rings. The molecule has 0 aliphatic carbocycles. The number of hydrogen-bond acceptors (Lipinski definition) is 2. The van der Waals surface area contributed by atoms with Crippen LogP contribution in [0.4, 0.5) is 0 Å². The molecule has 0 aromatic rings. The predicted octanol–water partition coefficient (Wildman–Crippen LogP) is 2.17. The zero-order chi connectivity index (χ0) is 10.9. The van der Waals surface area contributed by atoms with Gasteiger partial charge in [0.25, 0.3) is 0 Å². The molecule has 0 heterocycles. The van der Waals surface area contributed by atoms with E-state index in [0.717, 1.165) is 12.8 Å². The summed E-state index contributed by atoms with van der Waals surface area (Å²) in [5.74, 6) is -0.900. The Hall–Kier alpha value is -0.830. The van der Waals surface area contributed by atoms with Gasteiger partial charge in [0.15, 0.2) is 0 Å². The summed E-state index contributed by atoms with van der Waals surface area (Å²) < 4.78 is 0. The minimum Gasteiger partial charge on any atom is -0.478 e. The van der Waals surface area contributed by atoms with Crippen molar-refractivity contribution in [2.24, 2.45) is 5.73 Å². The van der Waals surface area contributed by atoms with Crippen molar-refractivity contribution < 1.29 is 9.90 Å².